The van der Waals surface area contributed by atoms with E-state index in [1.165, 1.54) is 40.9 Å². The van der Waals surface area contributed by atoms with Gasteiger partial charge in [0.25, 0.3) is 0 Å². The maximum atomic E-state index is 13.3. The molecule has 0 unspecified atom stereocenters. The van der Waals surface area contributed by atoms with Crippen LogP contribution in [0.1, 0.15) is 12.8 Å². The highest BCUT2D eigenvalue weighted by Gasteiger charge is 2.20. The molecule has 2 aromatic carbocycles. The van der Waals surface area contributed by atoms with Crippen molar-refractivity contribution in [1.82, 2.24) is 14.8 Å². The van der Waals surface area contributed by atoms with Crippen molar-refractivity contribution in [3.05, 3.63) is 59.4 Å². The Bertz CT molecular complexity index is 1120. The second-order valence-electron chi connectivity index (χ2n) is 7.00. The fraction of sp³-hybridized carbons (Fsp3) is 0.304. The highest BCUT2D eigenvalue weighted by Crippen LogP contribution is 2.30. The summed E-state index contributed by atoms with van der Waals surface area (Å²) < 4.78 is 20.4. The third-order valence-electron chi connectivity index (χ3n) is 4.77. The van der Waals surface area contributed by atoms with Gasteiger partial charge < -0.3 is 14.2 Å². The van der Waals surface area contributed by atoms with E-state index in [1.807, 2.05) is 28.8 Å². The van der Waals surface area contributed by atoms with Gasteiger partial charge in [-0.15, -0.1) is 10.2 Å². The lowest BCUT2D eigenvalue weighted by atomic mass is 10.2. The predicted octanol–water partition coefficient (Wildman–Crippen LogP) is 4.81. The summed E-state index contributed by atoms with van der Waals surface area (Å²) in [6.07, 6.45) is 0.898. The topological polar surface area (TPSA) is 84.0 Å². The lowest BCUT2D eigenvalue weighted by Crippen LogP contribution is -2.33. The van der Waals surface area contributed by atoms with Crippen molar-refractivity contribution in [2.24, 2.45) is 0 Å². The number of halogens is 2. The molecule has 1 aromatic heterocycles. The van der Waals surface area contributed by atoms with Crippen molar-refractivity contribution in [2.45, 2.75) is 24.5 Å². The maximum Gasteiger partial charge on any atom is 0.237 e. The van der Waals surface area contributed by atoms with Crippen molar-refractivity contribution in [1.29, 1.82) is 5.26 Å². The van der Waals surface area contributed by atoms with Gasteiger partial charge in [-0.2, -0.15) is 5.26 Å². The number of thioether (sulfide) groups is 1. The van der Waals surface area contributed by atoms with E-state index in [-0.39, 0.29) is 24.6 Å². The quantitative estimate of drug-likeness (QED) is 0.285. The third kappa shape index (κ3) is 6.54. The molecule has 0 saturated heterocycles. The van der Waals surface area contributed by atoms with Gasteiger partial charge in [-0.3, -0.25) is 4.79 Å². The fourth-order valence-corrected chi connectivity index (χ4v) is 4.25. The van der Waals surface area contributed by atoms with Crippen LogP contribution in [0.25, 0.3) is 11.4 Å². The summed E-state index contributed by atoms with van der Waals surface area (Å²) >= 11 is 7.62. The molecule has 0 aliphatic carbocycles. The van der Waals surface area contributed by atoms with Gasteiger partial charge in [0, 0.05) is 38.1 Å². The van der Waals surface area contributed by atoms with E-state index in [0.29, 0.717) is 34.8 Å². The van der Waals surface area contributed by atoms with E-state index in [2.05, 4.69) is 10.2 Å². The molecule has 0 N–H and O–H groups in total. The molecule has 7 nitrogen and oxygen atoms in total. The maximum absolute atomic E-state index is 13.3. The Hall–Kier alpha value is -2.93. The number of methoxy groups -OCH3 is 1. The molecule has 0 atom stereocenters. The van der Waals surface area contributed by atoms with Crippen LogP contribution in [0.2, 0.25) is 5.02 Å². The summed E-state index contributed by atoms with van der Waals surface area (Å²) in [5.74, 6) is 0.0875. The van der Waals surface area contributed by atoms with Gasteiger partial charge in [0.15, 0.2) is 11.0 Å². The Kier molecular flexibility index (Phi) is 9.24. The van der Waals surface area contributed by atoms with E-state index in [1.54, 1.807) is 13.2 Å². The van der Waals surface area contributed by atoms with Crippen molar-refractivity contribution in [3.63, 3.8) is 0 Å². The van der Waals surface area contributed by atoms with Gasteiger partial charge in [0.1, 0.15) is 5.82 Å². The number of benzene rings is 2. The van der Waals surface area contributed by atoms with Gasteiger partial charge in [0.05, 0.1) is 23.3 Å². The van der Waals surface area contributed by atoms with Crippen LogP contribution in [0, 0.1) is 17.1 Å². The van der Waals surface area contributed by atoms with Crippen molar-refractivity contribution in [3.8, 4) is 17.5 Å². The first-order chi connectivity index (χ1) is 16.0. The number of hydrogen-bond acceptors (Lipinski definition) is 6. The Morgan fingerprint density at radius 1 is 1.24 bits per heavy atom. The van der Waals surface area contributed by atoms with E-state index >= 15 is 0 Å². The number of hydrogen-bond donors (Lipinski definition) is 0. The SMILES string of the molecule is COCCCn1c(SCC(=O)N(CCC#N)c2ccc(F)cc2)nnc1-c1ccccc1Cl. The Morgan fingerprint density at radius 2 is 2.00 bits per heavy atom. The molecule has 0 fully saturated rings. The van der Waals surface area contributed by atoms with Crippen LogP contribution in [0.5, 0.6) is 0 Å². The first kappa shape index (κ1) is 24.7. The minimum absolute atomic E-state index is 0.0771. The zero-order valence-electron chi connectivity index (χ0n) is 18.1. The summed E-state index contributed by atoms with van der Waals surface area (Å²) in [5, 5.41) is 18.7. The van der Waals surface area contributed by atoms with E-state index in [4.69, 9.17) is 21.6 Å². The van der Waals surface area contributed by atoms with Gasteiger partial charge in [-0.05, 0) is 42.8 Å². The highest BCUT2D eigenvalue weighted by atomic mass is 35.5. The van der Waals surface area contributed by atoms with Gasteiger partial charge in [0.2, 0.25) is 5.91 Å². The molecule has 1 amide bonds. The van der Waals surface area contributed by atoms with E-state index in [9.17, 15) is 9.18 Å². The lowest BCUT2D eigenvalue weighted by molar-refractivity contribution is -0.116. The van der Waals surface area contributed by atoms with Gasteiger partial charge in [-0.25, -0.2) is 4.39 Å². The second-order valence-corrected chi connectivity index (χ2v) is 8.35. The third-order valence-corrected chi connectivity index (χ3v) is 6.05. The van der Waals surface area contributed by atoms with Crippen LogP contribution >= 0.6 is 23.4 Å². The van der Waals surface area contributed by atoms with Gasteiger partial charge >= 0.3 is 0 Å². The van der Waals surface area contributed by atoms with Gasteiger partial charge in [-0.1, -0.05) is 35.5 Å². The molecule has 0 saturated carbocycles. The smallest absolute Gasteiger partial charge is 0.237 e. The normalized spacial score (nSPS) is 10.7. The molecule has 3 aromatic rings. The Balaban J connectivity index is 1.81. The Morgan fingerprint density at radius 3 is 2.70 bits per heavy atom. The number of rotatable bonds is 11. The number of amides is 1. The summed E-state index contributed by atoms with van der Waals surface area (Å²) in [6.45, 7) is 1.37. The molecular formula is C23H23ClFN5O2S. The zero-order valence-corrected chi connectivity index (χ0v) is 19.7. The summed E-state index contributed by atoms with van der Waals surface area (Å²) in [4.78, 5) is 14.5. The number of aromatic nitrogens is 3. The van der Waals surface area contributed by atoms with Crippen molar-refractivity contribution >= 4 is 35.0 Å². The number of nitriles is 1. The van der Waals surface area contributed by atoms with Crippen molar-refractivity contribution in [2.75, 3.05) is 30.9 Å². The van der Waals surface area contributed by atoms with E-state index in [0.717, 1.165) is 12.0 Å². The second kappa shape index (κ2) is 12.3. The molecular weight excluding hydrogens is 465 g/mol. The number of carbonyl (C=O) groups excluding carboxylic acids is 1. The number of ether oxygens (including phenoxy) is 1. The molecule has 0 aliphatic heterocycles. The standard InChI is InChI=1S/C23H23ClFN5O2S/c1-32-15-5-14-30-22(19-6-2-3-7-20(19)24)27-28-23(30)33-16-21(31)29(13-4-12-26)18-10-8-17(25)9-11-18/h2-3,6-11H,4-5,13-16H2,1H3. The molecule has 1 heterocycles. The molecule has 172 valence electrons. The minimum Gasteiger partial charge on any atom is -0.385 e. The van der Waals surface area contributed by atoms with Crippen LogP contribution in [0.4, 0.5) is 10.1 Å². The van der Waals surface area contributed by atoms with Crippen LogP contribution in [0.15, 0.2) is 53.7 Å². The van der Waals surface area contributed by atoms with Crippen LogP contribution in [0.3, 0.4) is 0 Å². The lowest BCUT2D eigenvalue weighted by Gasteiger charge is -2.21. The summed E-state index contributed by atoms with van der Waals surface area (Å²) in [5.41, 5.74) is 1.29. The molecule has 3 rings (SSSR count). The largest absolute Gasteiger partial charge is 0.385 e. The first-order valence-corrected chi connectivity index (χ1v) is 11.6. The number of carbonyl (C=O) groups is 1. The number of anilines is 1. The molecule has 0 radical (unpaired) electrons. The van der Waals surface area contributed by atoms with Crippen LogP contribution in [-0.2, 0) is 16.1 Å². The van der Waals surface area contributed by atoms with E-state index < -0.39 is 5.82 Å². The minimum atomic E-state index is -0.392. The zero-order chi connectivity index (χ0) is 23.6. The molecule has 0 aliphatic rings. The number of nitrogens with zero attached hydrogens (tertiary/aromatic N) is 5. The first-order valence-electron chi connectivity index (χ1n) is 10.3. The summed E-state index contributed by atoms with van der Waals surface area (Å²) in [7, 11) is 1.64. The van der Waals surface area contributed by atoms with Crippen LogP contribution in [-0.4, -0.2) is 46.7 Å². The fourth-order valence-electron chi connectivity index (χ4n) is 3.19. The summed E-state index contributed by atoms with van der Waals surface area (Å²) in [6, 6.07) is 15.1. The van der Waals surface area contributed by atoms with Crippen molar-refractivity contribution < 1.29 is 13.9 Å². The highest BCUT2D eigenvalue weighted by molar-refractivity contribution is 7.99. The molecule has 0 spiro atoms. The van der Waals surface area contributed by atoms with Crippen LogP contribution < -0.4 is 4.90 Å². The predicted molar refractivity (Wildman–Crippen MR) is 127 cm³/mol. The Labute approximate surface area is 201 Å². The molecule has 33 heavy (non-hydrogen) atoms. The average Bonchev–Trinajstić information content (AvgIpc) is 3.22. The molecule has 0 bridgehead atoms. The average molecular weight is 488 g/mol. The molecule has 10 heteroatoms. The monoisotopic (exact) mass is 487 g/mol.